The summed E-state index contributed by atoms with van der Waals surface area (Å²) >= 11 is 0. The predicted molar refractivity (Wildman–Crippen MR) is 59.4 cm³/mol. The molecule has 1 heterocycles. The van der Waals surface area contributed by atoms with E-state index in [9.17, 15) is 4.79 Å². The summed E-state index contributed by atoms with van der Waals surface area (Å²) in [7, 11) is 1.59. The Morgan fingerprint density at radius 3 is 2.73 bits per heavy atom. The highest BCUT2D eigenvalue weighted by Gasteiger charge is 2.31. The van der Waals surface area contributed by atoms with Gasteiger partial charge in [-0.3, -0.25) is 4.79 Å². The van der Waals surface area contributed by atoms with Gasteiger partial charge in [0.25, 0.3) is 5.91 Å². The van der Waals surface area contributed by atoms with Crippen molar-refractivity contribution in [1.82, 2.24) is 4.90 Å². The molecule has 2 N–H and O–H groups in total. The molecule has 0 radical (unpaired) electrons. The monoisotopic (exact) mass is 214 g/mol. The Morgan fingerprint density at radius 2 is 2.33 bits per heavy atom. The number of rotatable bonds is 4. The highest BCUT2D eigenvalue weighted by Crippen LogP contribution is 2.20. The zero-order valence-electron chi connectivity index (χ0n) is 9.90. The van der Waals surface area contributed by atoms with Crippen molar-refractivity contribution in [3.63, 3.8) is 0 Å². The SMILES string of the molecule is CCC(OC)C(=O)N1CCC(C(C)N)C1. The van der Waals surface area contributed by atoms with Crippen LogP contribution in [0, 0.1) is 5.92 Å². The smallest absolute Gasteiger partial charge is 0.251 e. The van der Waals surface area contributed by atoms with Gasteiger partial charge in [0.15, 0.2) is 0 Å². The van der Waals surface area contributed by atoms with Crippen LogP contribution in [0.25, 0.3) is 0 Å². The number of carbonyl (C=O) groups is 1. The second kappa shape index (κ2) is 5.47. The van der Waals surface area contributed by atoms with Crippen molar-refractivity contribution in [1.29, 1.82) is 0 Å². The minimum absolute atomic E-state index is 0.114. The average Bonchev–Trinajstić information content (AvgIpc) is 2.68. The van der Waals surface area contributed by atoms with Crippen LogP contribution in [-0.4, -0.2) is 43.2 Å². The molecule has 0 saturated carbocycles. The molecule has 0 aromatic rings. The van der Waals surface area contributed by atoms with Crippen LogP contribution >= 0.6 is 0 Å². The Kier molecular flexibility index (Phi) is 4.54. The topological polar surface area (TPSA) is 55.6 Å². The molecule has 3 unspecified atom stereocenters. The third kappa shape index (κ3) is 2.92. The average molecular weight is 214 g/mol. The minimum Gasteiger partial charge on any atom is -0.372 e. The van der Waals surface area contributed by atoms with Gasteiger partial charge in [0.2, 0.25) is 0 Å². The Hall–Kier alpha value is -0.610. The van der Waals surface area contributed by atoms with Crippen LogP contribution in [0.2, 0.25) is 0 Å². The van der Waals surface area contributed by atoms with Crippen molar-refractivity contribution in [3.05, 3.63) is 0 Å². The number of ether oxygens (including phenoxy) is 1. The number of hydrogen-bond donors (Lipinski definition) is 1. The molecule has 0 aromatic carbocycles. The molecular weight excluding hydrogens is 192 g/mol. The number of methoxy groups -OCH3 is 1. The molecule has 1 amide bonds. The molecule has 0 spiro atoms. The van der Waals surface area contributed by atoms with Crippen molar-refractivity contribution < 1.29 is 9.53 Å². The van der Waals surface area contributed by atoms with Crippen molar-refractivity contribution in [2.45, 2.75) is 38.8 Å². The van der Waals surface area contributed by atoms with Gasteiger partial charge in [0.05, 0.1) is 0 Å². The first-order valence-electron chi connectivity index (χ1n) is 5.67. The normalized spacial score (nSPS) is 25.3. The van der Waals surface area contributed by atoms with Crippen LogP contribution in [0.4, 0.5) is 0 Å². The maximum absolute atomic E-state index is 11.9. The highest BCUT2D eigenvalue weighted by atomic mass is 16.5. The van der Waals surface area contributed by atoms with Crippen LogP contribution in [-0.2, 0) is 9.53 Å². The van der Waals surface area contributed by atoms with Gasteiger partial charge in [-0.05, 0) is 25.7 Å². The van der Waals surface area contributed by atoms with E-state index >= 15 is 0 Å². The Balaban J connectivity index is 2.49. The zero-order chi connectivity index (χ0) is 11.4. The summed E-state index contributed by atoms with van der Waals surface area (Å²) in [6.07, 6.45) is 1.47. The van der Waals surface area contributed by atoms with Gasteiger partial charge < -0.3 is 15.4 Å². The number of nitrogens with zero attached hydrogens (tertiary/aromatic N) is 1. The highest BCUT2D eigenvalue weighted by molar-refractivity contribution is 5.81. The lowest BCUT2D eigenvalue weighted by Crippen LogP contribution is -2.39. The van der Waals surface area contributed by atoms with E-state index in [1.807, 2.05) is 18.7 Å². The van der Waals surface area contributed by atoms with E-state index in [2.05, 4.69) is 0 Å². The fraction of sp³-hybridized carbons (Fsp3) is 0.909. The first-order chi connectivity index (χ1) is 7.10. The standard InChI is InChI=1S/C11H22N2O2/c1-4-10(15-3)11(14)13-6-5-9(7-13)8(2)12/h8-10H,4-7,12H2,1-3H3. The second-order valence-corrected chi connectivity index (χ2v) is 4.32. The lowest BCUT2D eigenvalue weighted by atomic mass is 10.0. The van der Waals surface area contributed by atoms with E-state index in [-0.39, 0.29) is 18.1 Å². The summed E-state index contributed by atoms with van der Waals surface area (Å²) in [4.78, 5) is 13.8. The summed E-state index contributed by atoms with van der Waals surface area (Å²) in [6.45, 7) is 5.58. The summed E-state index contributed by atoms with van der Waals surface area (Å²) in [5, 5.41) is 0. The van der Waals surface area contributed by atoms with Crippen LogP contribution in [0.3, 0.4) is 0 Å². The van der Waals surface area contributed by atoms with Crippen molar-refractivity contribution in [2.75, 3.05) is 20.2 Å². The molecule has 0 bridgehead atoms. The molecule has 1 aliphatic rings. The molecule has 1 aliphatic heterocycles. The predicted octanol–water partition coefficient (Wildman–Crippen LogP) is 0.607. The fourth-order valence-electron chi connectivity index (χ4n) is 2.06. The van der Waals surface area contributed by atoms with Crippen LogP contribution in [0.1, 0.15) is 26.7 Å². The van der Waals surface area contributed by atoms with Gasteiger partial charge in [-0.25, -0.2) is 0 Å². The van der Waals surface area contributed by atoms with E-state index in [4.69, 9.17) is 10.5 Å². The Bertz CT molecular complexity index is 215. The van der Waals surface area contributed by atoms with Crippen LogP contribution in [0.15, 0.2) is 0 Å². The van der Waals surface area contributed by atoms with E-state index in [1.165, 1.54) is 0 Å². The van der Waals surface area contributed by atoms with E-state index in [0.29, 0.717) is 5.92 Å². The zero-order valence-corrected chi connectivity index (χ0v) is 9.90. The maximum Gasteiger partial charge on any atom is 0.251 e. The first kappa shape index (κ1) is 12.5. The number of carbonyl (C=O) groups excluding carboxylic acids is 1. The number of amides is 1. The molecule has 0 aromatic heterocycles. The molecule has 0 aliphatic carbocycles. The Labute approximate surface area is 91.8 Å². The van der Waals surface area contributed by atoms with Gasteiger partial charge >= 0.3 is 0 Å². The number of hydrogen-bond acceptors (Lipinski definition) is 3. The van der Waals surface area contributed by atoms with Crippen molar-refractivity contribution in [2.24, 2.45) is 11.7 Å². The molecule has 1 rings (SSSR count). The third-order valence-electron chi connectivity index (χ3n) is 3.21. The van der Waals surface area contributed by atoms with E-state index in [0.717, 1.165) is 25.9 Å². The fourth-order valence-corrected chi connectivity index (χ4v) is 2.06. The van der Waals surface area contributed by atoms with Gasteiger partial charge in [-0.1, -0.05) is 6.92 Å². The lowest BCUT2D eigenvalue weighted by Gasteiger charge is -2.22. The van der Waals surface area contributed by atoms with E-state index < -0.39 is 0 Å². The molecule has 4 nitrogen and oxygen atoms in total. The first-order valence-corrected chi connectivity index (χ1v) is 5.67. The van der Waals surface area contributed by atoms with Gasteiger partial charge in [0.1, 0.15) is 6.10 Å². The van der Waals surface area contributed by atoms with Crippen LogP contribution < -0.4 is 5.73 Å². The van der Waals surface area contributed by atoms with Crippen molar-refractivity contribution >= 4 is 5.91 Å². The summed E-state index contributed by atoms with van der Waals surface area (Å²) in [6, 6.07) is 0.172. The second-order valence-electron chi connectivity index (χ2n) is 4.32. The van der Waals surface area contributed by atoms with Crippen LogP contribution in [0.5, 0.6) is 0 Å². The molecule has 3 atom stereocenters. The third-order valence-corrected chi connectivity index (χ3v) is 3.21. The number of likely N-dealkylation sites (tertiary alicyclic amines) is 1. The van der Waals surface area contributed by atoms with Gasteiger partial charge in [-0.15, -0.1) is 0 Å². The lowest BCUT2D eigenvalue weighted by molar-refractivity contribution is -0.141. The molecule has 1 fully saturated rings. The summed E-state index contributed by atoms with van der Waals surface area (Å²) < 4.78 is 5.15. The molecule has 4 heteroatoms. The molecule has 88 valence electrons. The number of nitrogens with two attached hydrogens (primary N) is 1. The summed E-state index contributed by atoms with van der Waals surface area (Å²) in [5.41, 5.74) is 5.83. The maximum atomic E-state index is 11.9. The van der Waals surface area contributed by atoms with E-state index in [1.54, 1.807) is 7.11 Å². The summed E-state index contributed by atoms with van der Waals surface area (Å²) in [5.74, 6) is 0.562. The largest absolute Gasteiger partial charge is 0.372 e. The Morgan fingerprint density at radius 1 is 1.67 bits per heavy atom. The molecule has 15 heavy (non-hydrogen) atoms. The van der Waals surface area contributed by atoms with Gasteiger partial charge in [0, 0.05) is 26.2 Å². The van der Waals surface area contributed by atoms with Gasteiger partial charge in [-0.2, -0.15) is 0 Å². The van der Waals surface area contributed by atoms with Crippen molar-refractivity contribution in [3.8, 4) is 0 Å². The quantitative estimate of drug-likeness (QED) is 0.746. The molecule has 1 saturated heterocycles. The minimum atomic E-state index is -0.281. The molecular formula is C11H22N2O2.